The van der Waals surface area contributed by atoms with E-state index >= 15 is 0 Å². The Labute approximate surface area is 107 Å². The van der Waals surface area contributed by atoms with E-state index in [0.717, 1.165) is 5.56 Å². The molecule has 17 heavy (non-hydrogen) atoms. The number of aliphatic hydroxyl groups is 1. The van der Waals surface area contributed by atoms with Gasteiger partial charge in [-0.05, 0) is 38.0 Å². The largest absolute Gasteiger partial charge is 0.394 e. The van der Waals surface area contributed by atoms with Crippen molar-refractivity contribution in [1.29, 1.82) is 0 Å². The first-order valence-corrected chi connectivity index (χ1v) is 6.00. The van der Waals surface area contributed by atoms with E-state index in [1.54, 1.807) is 25.1 Å². The molecule has 1 amide bonds. The van der Waals surface area contributed by atoms with Crippen molar-refractivity contribution < 1.29 is 9.90 Å². The number of hydrogen-bond acceptors (Lipinski definition) is 2. The van der Waals surface area contributed by atoms with Gasteiger partial charge >= 0.3 is 0 Å². The Balaban J connectivity index is 2.94. The number of halogens is 1. The van der Waals surface area contributed by atoms with Gasteiger partial charge in [-0.15, -0.1) is 0 Å². The Bertz CT molecular complexity index is 414. The molecule has 1 rings (SSSR count). The summed E-state index contributed by atoms with van der Waals surface area (Å²) in [6.07, 6.45) is 0.662. The van der Waals surface area contributed by atoms with Gasteiger partial charge in [0.05, 0.1) is 12.1 Å². The monoisotopic (exact) mass is 255 g/mol. The normalized spacial score (nSPS) is 14.2. The van der Waals surface area contributed by atoms with Crippen LogP contribution in [0.25, 0.3) is 0 Å². The maximum absolute atomic E-state index is 12.1. The highest BCUT2D eigenvalue weighted by Gasteiger charge is 2.24. The zero-order valence-corrected chi connectivity index (χ0v) is 11.1. The second kappa shape index (κ2) is 5.52. The van der Waals surface area contributed by atoms with Crippen molar-refractivity contribution in [1.82, 2.24) is 5.32 Å². The number of nitrogens with one attached hydrogen (secondary N) is 1. The van der Waals surface area contributed by atoms with Crippen LogP contribution in [0.3, 0.4) is 0 Å². The van der Waals surface area contributed by atoms with Crippen molar-refractivity contribution in [2.45, 2.75) is 32.7 Å². The van der Waals surface area contributed by atoms with Crippen molar-refractivity contribution in [3.05, 3.63) is 34.3 Å². The third kappa shape index (κ3) is 3.20. The van der Waals surface area contributed by atoms with E-state index < -0.39 is 5.54 Å². The molecule has 0 saturated carbocycles. The Morgan fingerprint density at radius 3 is 2.71 bits per heavy atom. The van der Waals surface area contributed by atoms with E-state index in [1.807, 2.05) is 13.8 Å². The van der Waals surface area contributed by atoms with Crippen molar-refractivity contribution >= 4 is 17.5 Å². The van der Waals surface area contributed by atoms with Crippen LogP contribution in [0, 0.1) is 6.92 Å². The standard InChI is InChI=1S/C13H18ClNO2/c1-4-13(3,8-16)15-12(17)10-6-5-7-11(14)9(10)2/h5-7,16H,4,8H2,1-3H3,(H,15,17). The zero-order chi connectivity index (χ0) is 13.1. The van der Waals surface area contributed by atoms with Crippen LogP contribution in [0.1, 0.15) is 36.2 Å². The van der Waals surface area contributed by atoms with Gasteiger partial charge in [0.2, 0.25) is 0 Å². The van der Waals surface area contributed by atoms with Gasteiger partial charge in [-0.1, -0.05) is 24.6 Å². The van der Waals surface area contributed by atoms with Gasteiger partial charge in [-0.3, -0.25) is 4.79 Å². The van der Waals surface area contributed by atoms with Gasteiger partial charge in [-0.25, -0.2) is 0 Å². The zero-order valence-electron chi connectivity index (χ0n) is 10.4. The molecule has 4 heteroatoms. The second-order valence-corrected chi connectivity index (χ2v) is 4.85. The van der Waals surface area contributed by atoms with Crippen molar-refractivity contribution in [2.75, 3.05) is 6.61 Å². The van der Waals surface area contributed by atoms with Crippen LogP contribution in [-0.2, 0) is 0 Å². The van der Waals surface area contributed by atoms with Crippen molar-refractivity contribution in [3.63, 3.8) is 0 Å². The smallest absolute Gasteiger partial charge is 0.252 e. The average Bonchev–Trinajstić information content (AvgIpc) is 2.32. The van der Waals surface area contributed by atoms with Crippen molar-refractivity contribution in [2.24, 2.45) is 0 Å². The molecule has 0 fully saturated rings. The van der Waals surface area contributed by atoms with E-state index in [1.165, 1.54) is 0 Å². The summed E-state index contributed by atoms with van der Waals surface area (Å²) in [5.74, 6) is -0.205. The summed E-state index contributed by atoms with van der Waals surface area (Å²) >= 11 is 5.97. The number of benzene rings is 1. The molecule has 94 valence electrons. The lowest BCUT2D eigenvalue weighted by molar-refractivity contribution is 0.0847. The van der Waals surface area contributed by atoms with E-state index in [4.69, 9.17) is 11.6 Å². The second-order valence-electron chi connectivity index (χ2n) is 4.44. The Morgan fingerprint density at radius 1 is 1.53 bits per heavy atom. The molecule has 0 aliphatic carbocycles. The first-order chi connectivity index (χ1) is 7.93. The summed E-state index contributed by atoms with van der Waals surface area (Å²) in [4.78, 5) is 12.1. The molecule has 0 saturated heterocycles. The summed E-state index contributed by atoms with van der Waals surface area (Å²) in [6.45, 7) is 5.44. The highest BCUT2D eigenvalue weighted by molar-refractivity contribution is 6.31. The number of carbonyl (C=O) groups is 1. The summed E-state index contributed by atoms with van der Waals surface area (Å²) in [7, 11) is 0. The number of carbonyl (C=O) groups excluding carboxylic acids is 1. The summed E-state index contributed by atoms with van der Waals surface area (Å²) in [5.41, 5.74) is 0.708. The Morgan fingerprint density at radius 2 is 2.18 bits per heavy atom. The van der Waals surface area contributed by atoms with Gasteiger partial charge in [-0.2, -0.15) is 0 Å². The Kier molecular flexibility index (Phi) is 4.54. The van der Waals surface area contributed by atoms with Gasteiger partial charge in [0.25, 0.3) is 5.91 Å². The molecule has 0 radical (unpaired) electrons. The lowest BCUT2D eigenvalue weighted by atomic mass is 9.99. The van der Waals surface area contributed by atoms with Gasteiger partial charge in [0.15, 0.2) is 0 Å². The molecular formula is C13H18ClNO2. The highest BCUT2D eigenvalue weighted by Crippen LogP contribution is 2.19. The summed E-state index contributed by atoms with van der Waals surface area (Å²) in [5, 5.41) is 12.7. The van der Waals surface area contributed by atoms with Crippen LogP contribution in [0.5, 0.6) is 0 Å². The van der Waals surface area contributed by atoms with E-state index in [9.17, 15) is 9.90 Å². The topological polar surface area (TPSA) is 49.3 Å². The third-order valence-electron chi connectivity index (χ3n) is 3.06. The molecule has 1 aromatic carbocycles. The Hall–Kier alpha value is -1.06. The number of aliphatic hydroxyl groups excluding tert-OH is 1. The lowest BCUT2D eigenvalue weighted by Crippen LogP contribution is -2.48. The fourth-order valence-corrected chi connectivity index (χ4v) is 1.61. The van der Waals surface area contributed by atoms with E-state index in [-0.39, 0.29) is 12.5 Å². The molecular weight excluding hydrogens is 238 g/mol. The maximum atomic E-state index is 12.1. The fraction of sp³-hybridized carbons (Fsp3) is 0.462. The average molecular weight is 256 g/mol. The molecule has 0 spiro atoms. The molecule has 1 atom stereocenters. The quantitative estimate of drug-likeness (QED) is 0.869. The fourth-order valence-electron chi connectivity index (χ4n) is 1.43. The summed E-state index contributed by atoms with van der Waals surface area (Å²) < 4.78 is 0. The predicted molar refractivity (Wildman–Crippen MR) is 69.4 cm³/mol. The van der Waals surface area contributed by atoms with Crippen LogP contribution >= 0.6 is 11.6 Å². The molecule has 0 aromatic heterocycles. The first-order valence-electron chi connectivity index (χ1n) is 5.62. The number of hydrogen-bond donors (Lipinski definition) is 2. The minimum absolute atomic E-state index is 0.0884. The van der Waals surface area contributed by atoms with Gasteiger partial charge in [0, 0.05) is 10.6 Å². The molecule has 2 N–H and O–H groups in total. The number of amides is 1. The maximum Gasteiger partial charge on any atom is 0.252 e. The van der Waals surface area contributed by atoms with Gasteiger partial charge < -0.3 is 10.4 Å². The minimum Gasteiger partial charge on any atom is -0.394 e. The summed E-state index contributed by atoms with van der Waals surface area (Å²) in [6, 6.07) is 5.22. The molecule has 0 aliphatic heterocycles. The highest BCUT2D eigenvalue weighted by atomic mass is 35.5. The van der Waals surface area contributed by atoms with Crippen LogP contribution in [0.15, 0.2) is 18.2 Å². The predicted octanol–water partition coefficient (Wildman–Crippen LogP) is 2.54. The third-order valence-corrected chi connectivity index (χ3v) is 3.47. The van der Waals surface area contributed by atoms with Crippen molar-refractivity contribution in [3.8, 4) is 0 Å². The molecule has 0 aliphatic rings. The van der Waals surface area contributed by atoms with Gasteiger partial charge in [0.1, 0.15) is 0 Å². The first kappa shape index (κ1) is 14.0. The number of rotatable bonds is 4. The van der Waals surface area contributed by atoms with E-state index in [0.29, 0.717) is 17.0 Å². The molecule has 3 nitrogen and oxygen atoms in total. The molecule has 0 bridgehead atoms. The molecule has 0 heterocycles. The lowest BCUT2D eigenvalue weighted by Gasteiger charge is -2.27. The SMILES string of the molecule is CCC(C)(CO)NC(=O)c1cccc(Cl)c1C. The van der Waals surface area contributed by atoms with Crippen LogP contribution in [0.2, 0.25) is 5.02 Å². The molecule has 1 aromatic rings. The van der Waals surface area contributed by atoms with Crippen LogP contribution < -0.4 is 5.32 Å². The van der Waals surface area contributed by atoms with Crippen LogP contribution in [-0.4, -0.2) is 23.2 Å². The van der Waals surface area contributed by atoms with Crippen LogP contribution in [0.4, 0.5) is 0 Å². The minimum atomic E-state index is -0.591. The molecule has 1 unspecified atom stereocenters. The van der Waals surface area contributed by atoms with E-state index in [2.05, 4.69) is 5.32 Å².